The average Bonchev–Trinajstić information content (AvgIpc) is 2.38. The molecule has 2 nitrogen and oxygen atoms in total. The highest BCUT2D eigenvalue weighted by Gasteiger charge is 2.41. The van der Waals surface area contributed by atoms with Gasteiger partial charge in [-0.05, 0) is 43.0 Å². The van der Waals surface area contributed by atoms with Crippen LogP contribution in [0, 0.1) is 0 Å². The summed E-state index contributed by atoms with van der Waals surface area (Å²) in [6.07, 6.45) is 4.42. The van der Waals surface area contributed by atoms with Crippen LogP contribution in [0.4, 0.5) is 0 Å². The number of carboxylic acid groups (broad SMARTS) is 1. The van der Waals surface area contributed by atoms with Crippen molar-refractivity contribution in [3.8, 4) is 0 Å². The van der Waals surface area contributed by atoms with Crippen molar-refractivity contribution in [1.29, 1.82) is 0 Å². The van der Waals surface area contributed by atoms with E-state index in [1.54, 1.807) is 6.07 Å². The standard InChI is InChI=1S/C16H19ClO2/c1-11(2)12-8-13(10-14(17)9-12)16(15(18)19)6-4-3-5-7-16/h8-10H,1,3-7H2,2H3,(H,18,19). The summed E-state index contributed by atoms with van der Waals surface area (Å²) in [7, 11) is 0. The fraction of sp³-hybridized carbons (Fsp3) is 0.438. The lowest BCUT2D eigenvalue weighted by Gasteiger charge is -2.34. The molecule has 2 rings (SSSR count). The first-order valence-electron chi connectivity index (χ1n) is 6.66. The zero-order valence-corrected chi connectivity index (χ0v) is 12.0. The lowest BCUT2D eigenvalue weighted by molar-refractivity contribution is -0.145. The van der Waals surface area contributed by atoms with E-state index in [9.17, 15) is 9.90 Å². The Bertz CT molecular complexity index is 513. The van der Waals surface area contributed by atoms with E-state index < -0.39 is 11.4 Å². The summed E-state index contributed by atoms with van der Waals surface area (Å²) in [5.41, 5.74) is 1.88. The molecule has 19 heavy (non-hydrogen) atoms. The first-order chi connectivity index (χ1) is 8.95. The van der Waals surface area contributed by atoms with Crippen LogP contribution in [0.25, 0.3) is 5.57 Å². The van der Waals surface area contributed by atoms with Crippen LogP contribution in [0.1, 0.15) is 50.2 Å². The number of allylic oxidation sites excluding steroid dienone is 1. The molecule has 0 saturated heterocycles. The van der Waals surface area contributed by atoms with Gasteiger partial charge in [0.25, 0.3) is 0 Å². The maximum atomic E-state index is 11.8. The minimum atomic E-state index is -0.770. The number of carbonyl (C=O) groups is 1. The molecular formula is C16H19ClO2. The van der Waals surface area contributed by atoms with E-state index in [1.807, 2.05) is 19.1 Å². The molecule has 0 amide bonds. The van der Waals surface area contributed by atoms with Crippen LogP contribution in [-0.4, -0.2) is 11.1 Å². The van der Waals surface area contributed by atoms with E-state index in [0.29, 0.717) is 17.9 Å². The Morgan fingerprint density at radius 3 is 2.42 bits per heavy atom. The smallest absolute Gasteiger partial charge is 0.314 e. The molecular weight excluding hydrogens is 260 g/mol. The van der Waals surface area contributed by atoms with Gasteiger partial charge in [0.15, 0.2) is 0 Å². The van der Waals surface area contributed by atoms with Gasteiger partial charge in [0.1, 0.15) is 0 Å². The second-order valence-electron chi connectivity index (χ2n) is 5.46. The maximum absolute atomic E-state index is 11.8. The van der Waals surface area contributed by atoms with Gasteiger partial charge in [0.05, 0.1) is 5.41 Å². The Hall–Kier alpha value is -1.28. The minimum absolute atomic E-state index is 0.585. The summed E-state index contributed by atoms with van der Waals surface area (Å²) < 4.78 is 0. The van der Waals surface area contributed by atoms with Gasteiger partial charge in [-0.2, -0.15) is 0 Å². The molecule has 3 heteroatoms. The summed E-state index contributed by atoms with van der Waals surface area (Å²) >= 11 is 6.15. The third-order valence-corrected chi connectivity index (χ3v) is 4.28. The summed E-state index contributed by atoms with van der Waals surface area (Å²) in [6, 6.07) is 5.58. The van der Waals surface area contributed by atoms with E-state index in [0.717, 1.165) is 36.0 Å². The van der Waals surface area contributed by atoms with Gasteiger partial charge >= 0.3 is 5.97 Å². The summed E-state index contributed by atoms with van der Waals surface area (Å²) in [5.74, 6) is -0.734. The van der Waals surface area contributed by atoms with Gasteiger partial charge < -0.3 is 5.11 Å². The van der Waals surface area contributed by atoms with Crippen LogP contribution in [0.2, 0.25) is 5.02 Å². The fourth-order valence-electron chi connectivity index (χ4n) is 2.89. The van der Waals surface area contributed by atoms with Gasteiger partial charge in [0, 0.05) is 5.02 Å². The molecule has 1 fully saturated rings. The molecule has 0 aliphatic heterocycles. The predicted octanol–water partition coefficient (Wildman–Crippen LogP) is 4.66. The molecule has 1 aromatic rings. The second-order valence-corrected chi connectivity index (χ2v) is 5.89. The largest absolute Gasteiger partial charge is 0.481 e. The average molecular weight is 279 g/mol. The third-order valence-electron chi connectivity index (χ3n) is 4.06. The number of aliphatic carboxylic acids is 1. The predicted molar refractivity (Wildman–Crippen MR) is 78.6 cm³/mol. The summed E-state index contributed by atoms with van der Waals surface area (Å²) in [4.78, 5) is 11.8. The molecule has 1 saturated carbocycles. The van der Waals surface area contributed by atoms with E-state index in [2.05, 4.69) is 6.58 Å². The topological polar surface area (TPSA) is 37.3 Å². The molecule has 0 bridgehead atoms. The van der Waals surface area contributed by atoms with Crippen LogP contribution in [0.5, 0.6) is 0 Å². The molecule has 1 aliphatic carbocycles. The van der Waals surface area contributed by atoms with Crippen molar-refractivity contribution in [2.24, 2.45) is 0 Å². The van der Waals surface area contributed by atoms with Gasteiger partial charge in [-0.15, -0.1) is 0 Å². The zero-order valence-electron chi connectivity index (χ0n) is 11.2. The van der Waals surface area contributed by atoms with Crippen LogP contribution >= 0.6 is 11.6 Å². The molecule has 0 aromatic heterocycles. The molecule has 0 spiro atoms. The Morgan fingerprint density at radius 1 is 1.26 bits per heavy atom. The van der Waals surface area contributed by atoms with Crippen molar-refractivity contribution < 1.29 is 9.90 Å². The van der Waals surface area contributed by atoms with Crippen LogP contribution in [0.15, 0.2) is 24.8 Å². The highest BCUT2D eigenvalue weighted by atomic mass is 35.5. The highest BCUT2D eigenvalue weighted by Crippen LogP contribution is 2.41. The summed E-state index contributed by atoms with van der Waals surface area (Å²) in [6.45, 7) is 5.82. The summed E-state index contributed by atoms with van der Waals surface area (Å²) in [5, 5.41) is 10.3. The van der Waals surface area contributed by atoms with Crippen LogP contribution in [0.3, 0.4) is 0 Å². The Labute approximate surface area is 119 Å². The lowest BCUT2D eigenvalue weighted by Crippen LogP contribution is -2.37. The van der Waals surface area contributed by atoms with Crippen molar-refractivity contribution in [3.05, 3.63) is 40.9 Å². The number of rotatable bonds is 3. The first kappa shape index (κ1) is 14.1. The van der Waals surface area contributed by atoms with Gasteiger partial charge in [-0.3, -0.25) is 4.79 Å². The van der Waals surface area contributed by atoms with Crippen LogP contribution < -0.4 is 0 Å². The third kappa shape index (κ3) is 2.69. The Morgan fingerprint density at radius 2 is 1.89 bits per heavy atom. The SMILES string of the molecule is C=C(C)c1cc(Cl)cc(C2(C(=O)O)CCCCC2)c1. The number of carboxylic acids is 1. The second kappa shape index (κ2) is 5.38. The number of hydrogen-bond donors (Lipinski definition) is 1. The van der Waals surface area contributed by atoms with Crippen molar-refractivity contribution >= 4 is 23.1 Å². The minimum Gasteiger partial charge on any atom is -0.481 e. The molecule has 1 aromatic carbocycles. The van der Waals surface area contributed by atoms with Crippen molar-refractivity contribution in [2.75, 3.05) is 0 Å². The van der Waals surface area contributed by atoms with Crippen molar-refractivity contribution in [2.45, 2.75) is 44.4 Å². The van der Waals surface area contributed by atoms with E-state index in [-0.39, 0.29) is 0 Å². The lowest BCUT2D eigenvalue weighted by atomic mass is 9.69. The monoisotopic (exact) mass is 278 g/mol. The van der Waals surface area contributed by atoms with Crippen LogP contribution in [-0.2, 0) is 10.2 Å². The zero-order chi connectivity index (χ0) is 14.0. The molecule has 0 unspecified atom stereocenters. The van der Waals surface area contributed by atoms with Gasteiger partial charge in [0.2, 0.25) is 0 Å². The highest BCUT2D eigenvalue weighted by molar-refractivity contribution is 6.30. The van der Waals surface area contributed by atoms with Crippen molar-refractivity contribution in [1.82, 2.24) is 0 Å². The number of benzene rings is 1. The van der Waals surface area contributed by atoms with Gasteiger partial charge in [-0.25, -0.2) is 0 Å². The molecule has 0 atom stereocenters. The molecule has 0 heterocycles. The van der Waals surface area contributed by atoms with Crippen molar-refractivity contribution in [3.63, 3.8) is 0 Å². The van der Waals surface area contributed by atoms with Gasteiger partial charge in [-0.1, -0.05) is 49.1 Å². The maximum Gasteiger partial charge on any atom is 0.314 e. The molecule has 1 aliphatic rings. The Kier molecular flexibility index (Phi) is 4.00. The fourth-order valence-corrected chi connectivity index (χ4v) is 3.13. The van der Waals surface area contributed by atoms with E-state index in [4.69, 9.17) is 11.6 Å². The van der Waals surface area contributed by atoms with E-state index >= 15 is 0 Å². The normalized spacial score (nSPS) is 18.0. The molecule has 102 valence electrons. The molecule has 0 radical (unpaired) electrons. The number of hydrogen-bond acceptors (Lipinski definition) is 1. The quantitative estimate of drug-likeness (QED) is 0.873. The number of halogens is 1. The van der Waals surface area contributed by atoms with E-state index in [1.165, 1.54) is 0 Å². The first-order valence-corrected chi connectivity index (χ1v) is 7.04. The molecule has 1 N–H and O–H groups in total. The Balaban J connectivity index is 2.53.